The van der Waals surface area contributed by atoms with Gasteiger partial charge in [-0.25, -0.2) is 19.3 Å². The number of ether oxygens (including phenoxy) is 1. The molecule has 1 aliphatic rings. The Labute approximate surface area is 212 Å². The SMILES string of the molecule is O=c1oc2ccccc2c2c1C(c1ccc(Cl)c(Cl)c1)c1c(ncn3nc(-c4ccncc4)nc13)O2. The fourth-order valence-corrected chi connectivity index (χ4v) is 4.88. The average Bonchev–Trinajstić information content (AvgIpc) is 3.35. The van der Waals surface area contributed by atoms with Gasteiger partial charge in [-0.05, 0) is 42.0 Å². The van der Waals surface area contributed by atoms with Crippen LogP contribution in [0.5, 0.6) is 11.6 Å². The van der Waals surface area contributed by atoms with Crippen LogP contribution in [0.1, 0.15) is 22.6 Å². The van der Waals surface area contributed by atoms with Gasteiger partial charge >= 0.3 is 5.63 Å². The van der Waals surface area contributed by atoms with Crippen molar-refractivity contribution in [1.82, 2.24) is 24.6 Å². The molecule has 0 saturated carbocycles. The summed E-state index contributed by atoms with van der Waals surface area (Å²) in [5.41, 5.74) is 2.77. The van der Waals surface area contributed by atoms with Gasteiger partial charge in [0.15, 0.2) is 17.2 Å². The molecule has 0 aliphatic carbocycles. The number of pyridine rings is 1. The number of fused-ring (bicyclic) bond motifs is 6. The molecule has 0 N–H and O–H groups in total. The fourth-order valence-electron chi connectivity index (χ4n) is 4.58. The van der Waals surface area contributed by atoms with Gasteiger partial charge in [0.1, 0.15) is 11.9 Å². The summed E-state index contributed by atoms with van der Waals surface area (Å²) in [5, 5.41) is 6.00. The Balaban J connectivity index is 1.57. The molecule has 2 aromatic carbocycles. The molecule has 0 saturated heterocycles. The highest BCUT2D eigenvalue weighted by Gasteiger charge is 2.37. The van der Waals surface area contributed by atoms with Crippen LogP contribution in [-0.4, -0.2) is 24.6 Å². The van der Waals surface area contributed by atoms with Crippen molar-refractivity contribution in [3.05, 3.63) is 110 Å². The molecule has 0 radical (unpaired) electrons. The van der Waals surface area contributed by atoms with Crippen LogP contribution in [0, 0.1) is 0 Å². The van der Waals surface area contributed by atoms with E-state index in [1.54, 1.807) is 41.2 Å². The van der Waals surface area contributed by atoms with E-state index in [2.05, 4.69) is 15.1 Å². The van der Waals surface area contributed by atoms with E-state index >= 15 is 0 Å². The first-order valence-electron chi connectivity index (χ1n) is 10.9. The van der Waals surface area contributed by atoms with Crippen molar-refractivity contribution in [1.29, 1.82) is 0 Å². The third-order valence-electron chi connectivity index (χ3n) is 6.18. The molecule has 0 fully saturated rings. The minimum atomic E-state index is -0.648. The standard InChI is InChI=1S/C26H13Cl2N5O3/c27-16-6-5-14(11-17(16)28)19-20-22(15-3-1-2-4-18(15)35-26(20)34)36-25-21(19)24-31-23(32-33(24)12-30-25)13-7-9-29-10-8-13/h1-12,19H. The van der Waals surface area contributed by atoms with Crippen molar-refractivity contribution in [3.8, 4) is 23.0 Å². The minimum absolute atomic E-state index is 0.315. The van der Waals surface area contributed by atoms with Crippen LogP contribution >= 0.6 is 23.2 Å². The quantitative estimate of drug-likeness (QED) is 0.266. The molecule has 8 nitrogen and oxygen atoms in total. The second kappa shape index (κ2) is 7.87. The molecular formula is C26H13Cl2N5O3. The Morgan fingerprint density at radius 1 is 0.944 bits per heavy atom. The van der Waals surface area contributed by atoms with Gasteiger partial charge in [-0.1, -0.05) is 41.4 Å². The van der Waals surface area contributed by atoms with Crippen molar-refractivity contribution >= 4 is 39.8 Å². The van der Waals surface area contributed by atoms with Crippen LogP contribution in [-0.2, 0) is 0 Å². The molecule has 1 unspecified atom stereocenters. The van der Waals surface area contributed by atoms with E-state index in [9.17, 15) is 4.79 Å². The summed E-state index contributed by atoms with van der Waals surface area (Å²) in [6.45, 7) is 0. The fraction of sp³-hybridized carbons (Fsp3) is 0.0385. The van der Waals surface area contributed by atoms with Crippen molar-refractivity contribution < 1.29 is 9.15 Å². The minimum Gasteiger partial charge on any atom is -0.437 e. The van der Waals surface area contributed by atoms with Crippen LogP contribution < -0.4 is 10.4 Å². The monoisotopic (exact) mass is 513 g/mol. The Kier molecular flexibility index (Phi) is 4.60. The zero-order valence-corrected chi connectivity index (χ0v) is 19.7. The molecule has 1 atom stereocenters. The van der Waals surface area contributed by atoms with E-state index in [0.29, 0.717) is 60.8 Å². The van der Waals surface area contributed by atoms with Crippen molar-refractivity contribution in [2.45, 2.75) is 5.92 Å². The van der Waals surface area contributed by atoms with Gasteiger partial charge in [0.2, 0.25) is 5.88 Å². The number of para-hydroxylation sites is 1. The average molecular weight is 514 g/mol. The van der Waals surface area contributed by atoms with Crippen molar-refractivity contribution in [3.63, 3.8) is 0 Å². The van der Waals surface area contributed by atoms with Crippen LogP contribution in [0.25, 0.3) is 28.0 Å². The Morgan fingerprint density at radius 2 is 1.78 bits per heavy atom. The number of rotatable bonds is 2. The number of hydrogen-bond acceptors (Lipinski definition) is 7. The first kappa shape index (κ1) is 21.0. The van der Waals surface area contributed by atoms with E-state index in [-0.39, 0.29) is 0 Å². The van der Waals surface area contributed by atoms with Gasteiger partial charge in [-0.2, -0.15) is 0 Å². The zero-order valence-electron chi connectivity index (χ0n) is 18.2. The van der Waals surface area contributed by atoms with Crippen LogP contribution in [0.4, 0.5) is 0 Å². The third kappa shape index (κ3) is 3.12. The van der Waals surface area contributed by atoms with Gasteiger partial charge in [0.05, 0.1) is 32.5 Å². The summed E-state index contributed by atoms with van der Waals surface area (Å²) in [7, 11) is 0. The highest BCUT2D eigenvalue weighted by atomic mass is 35.5. The summed E-state index contributed by atoms with van der Waals surface area (Å²) < 4.78 is 13.5. The lowest BCUT2D eigenvalue weighted by Crippen LogP contribution is -2.22. The second-order valence-corrected chi connectivity index (χ2v) is 9.05. The number of hydrogen-bond donors (Lipinski definition) is 0. The van der Waals surface area contributed by atoms with Crippen LogP contribution in [0.3, 0.4) is 0 Å². The first-order valence-corrected chi connectivity index (χ1v) is 11.7. The van der Waals surface area contributed by atoms with E-state index < -0.39 is 11.5 Å². The van der Waals surface area contributed by atoms with E-state index in [1.165, 1.54) is 6.33 Å². The number of aromatic nitrogens is 5. The van der Waals surface area contributed by atoms with Crippen LogP contribution in [0.15, 0.2) is 82.5 Å². The van der Waals surface area contributed by atoms with E-state index in [0.717, 1.165) is 5.56 Å². The lowest BCUT2D eigenvalue weighted by Gasteiger charge is -2.27. The summed E-state index contributed by atoms with van der Waals surface area (Å²) in [6, 6.07) is 16.1. The summed E-state index contributed by atoms with van der Waals surface area (Å²) >= 11 is 12.6. The maximum atomic E-state index is 13.4. The molecule has 4 aromatic heterocycles. The van der Waals surface area contributed by atoms with Gasteiger partial charge in [0, 0.05) is 18.0 Å². The van der Waals surface area contributed by atoms with Crippen molar-refractivity contribution in [2.75, 3.05) is 0 Å². The zero-order chi connectivity index (χ0) is 24.4. The molecule has 0 amide bonds. The molecule has 1 aliphatic heterocycles. The van der Waals surface area contributed by atoms with E-state index in [4.69, 9.17) is 37.3 Å². The molecule has 36 heavy (non-hydrogen) atoms. The predicted molar refractivity (Wildman–Crippen MR) is 134 cm³/mol. The Bertz CT molecular complexity index is 1880. The smallest absolute Gasteiger partial charge is 0.344 e. The molecule has 5 heterocycles. The summed E-state index contributed by atoms with van der Waals surface area (Å²) in [4.78, 5) is 26.8. The number of halogens is 2. The molecule has 174 valence electrons. The van der Waals surface area contributed by atoms with E-state index in [1.807, 2.05) is 30.3 Å². The van der Waals surface area contributed by atoms with Gasteiger partial charge in [-0.15, -0.1) is 5.10 Å². The molecule has 0 bridgehead atoms. The van der Waals surface area contributed by atoms with Crippen molar-refractivity contribution in [2.24, 2.45) is 0 Å². The maximum absolute atomic E-state index is 13.4. The lowest BCUT2D eigenvalue weighted by atomic mass is 9.84. The van der Waals surface area contributed by atoms with Gasteiger partial charge < -0.3 is 9.15 Å². The Hall–Kier alpha value is -4.27. The molecule has 6 aromatic rings. The molecular weight excluding hydrogens is 501 g/mol. The largest absolute Gasteiger partial charge is 0.437 e. The normalized spacial score (nSPS) is 14.4. The van der Waals surface area contributed by atoms with Crippen LogP contribution in [0.2, 0.25) is 10.0 Å². The molecule has 10 heteroatoms. The molecule has 0 spiro atoms. The van der Waals surface area contributed by atoms with Gasteiger partial charge in [-0.3, -0.25) is 4.98 Å². The number of benzene rings is 2. The number of nitrogens with zero attached hydrogens (tertiary/aromatic N) is 5. The third-order valence-corrected chi connectivity index (χ3v) is 6.92. The summed E-state index contributed by atoms with van der Waals surface area (Å²) in [6.07, 6.45) is 4.88. The van der Waals surface area contributed by atoms with Gasteiger partial charge in [0.25, 0.3) is 0 Å². The highest BCUT2D eigenvalue weighted by molar-refractivity contribution is 6.42. The highest BCUT2D eigenvalue weighted by Crippen LogP contribution is 2.49. The first-order chi connectivity index (χ1) is 17.6. The topological polar surface area (TPSA) is 95.4 Å². The maximum Gasteiger partial charge on any atom is 0.344 e. The lowest BCUT2D eigenvalue weighted by molar-refractivity contribution is 0.422. The second-order valence-electron chi connectivity index (χ2n) is 8.24. The Morgan fingerprint density at radius 3 is 2.61 bits per heavy atom. The molecule has 7 rings (SSSR count). The predicted octanol–water partition coefficient (Wildman–Crippen LogP) is 5.89. The summed E-state index contributed by atoms with van der Waals surface area (Å²) in [5.74, 6) is 0.536.